The second-order valence-electron chi connectivity index (χ2n) is 5.83. The molecule has 0 aromatic carbocycles. The summed E-state index contributed by atoms with van der Waals surface area (Å²) in [5.74, 6) is -6.27. The van der Waals surface area contributed by atoms with Crippen LogP contribution in [0.1, 0.15) is 12.8 Å². The van der Waals surface area contributed by atoms with Gasteiger partial charge in [-0.15, -0.1) is 0 Å². The molecule has 0 aliphatic heterocycles. The fourth-order valence-corrected chi connectivity index (χ4v) is 2.44. The van der Waals surface area contributed by atoms with Crippen LogP contribution in [0.5, 0.6) is 0 Å². The third-order valence-electron chi connectivity index (χ3n) is 3.41. The number of rotatable bonds is 13. The average Bonchev–Trinajstić information content (AvgIpc) is 2.61. The summed E-state index contributed by atoms with van der Waals surface area (Å²) in [5.41, 5.74) is 15.4. The molecule has 0 aromatic rings. The first-order valence-electron chi connectivity index (χ1n) is 8.10. The number of carboxylic acids is 1. The highest BCUT2D eigenvalue weighted by Gasteiger charge is 2.30. The molecule has 0 rings (SSSR count). The van der Waals surface area contributed by atoms with Gasteiger partial charge in [0.15, 0.2) is 0 Å². The number of carbonyl (C=O) groups is 6. The van der Waals surface area contributed by atoms with Crippen LogP contribution in [0, 0.1) is 0 Å². The van der Waals surface area contributed by atoms with Crippen molar-refractivity contribution >= 4 is 60.8 Å². The third-order valence-corrected chi connectivity index (χ3v) is 4.14. The Balaban J connectivity index is 5.02. The Bertz CT molecular complexity index is 662. The van der Waals surface area contributed by atoms with E-state index in [0.29, 0.717) is 0 Å². The molecule has 4 atom stereocenters. The predicted molar refractivity (Wildman–Crippen MR) is 107 cm³/mol. The predicted octanol–water partition coefficient (Wildman–Crippen LogP) is -4.54. The Morgan fingerprint density at radius 3 is 1.45 bits per heavy atom. The molecule has 0 aromatic heterocycles. The van der Waals surface area contributed by atoms with E-state index in [0.717, 1.165) is 0 Å². The maximum Gasteiger partial charge on any atom is 0.326 e. The lowest BCUT2D eigenvalue weighted by Crippen LogP contribution is -2.58. The van der Waals surface area contributed by atoms with Gasteiger partial charge < -0.3 is 38.3 Å². The van der Waals surface area contributed by atoms with Gasteiger partial charge in [-0.1, -0.05) is 0 Å². The van der Waals surface area contributed by atoms with Gasteiger partial charge in [0, 0.05) is 11.5 Å². The Hall–Kier alpha value is -2.52. The molecule has 0 fully saturated rings. The number of nitrogens with one attached hydrogen (secondary N) is 3. The van der Waals surface area contributed by atoms with Crippen molar-refractivity contribution in [3.05, 3.63) is 0 Å². The van der Waals surface area contributed by atoms with E-state index in [9.17, 15) is 28.8 Å². The average molecular weight is 453 g/mol. The van der Waals surface area contributed by atoms with Crippen LogP contribution in [0.4, 0.5) is 0 Å². The number of carbonyl (C=O) groups excluding carboxylic acids is 5. The van der Waals surface area contributed by atoms with Gasteiger partial charge in [0.05, 0.1) is 18.9 Å². The Morgan fingerprint density at radius 1 is 0.724 bits per heavy atom. The van der Waals surface area contributed by atoms with Crippen molar-refractivity contribution in [3.63, 3.8) is 0 Å². The minimum absolute atomic E-state index is 0.179. The molecule has 4 unspecified atom stereocenters. The summed E-state index contributed by atoms with van der Waals surface area (Å²) in [4.78, 5) is 69.2. The maximum absolute atomic E-state index is 12.3. The van der Waals surface area contributed by atoms with Gasteiger partial charge in [0.25, 0.3) is 0 Å². The van der Waals surface area contributed by atoms with E-state index in [-0.39, 0.29) is 11.5 Å². The lowest BCUT2D eigenvalue weighted by atomic mass is 10.1. The number of primary amides is 2. The normalized spacial score (nSPS) is 14.6. The molecule has 0 aliphatic carbocycles. The van der Waals surface area contributed by atoms with Crippen molar-refractivity contribution in [2.45, 2.75) is 37.0 Å². The largest absolute Gasteiger partial charge is 0.480 e. The van der Waals surface area contributed by atoms with E-state index in [4.69, 9.17) is 22.3 Å². The number of thiol groups is 2. The topological polar surface area (TPSA) is 237 Å². The lowest BCUT2D eigenvalue weighted by molar-refractivity contribution is -0.143. The zero-order chi connectivity index (χ0) is 22.7. The van der Waals surface area contributed by atoms with Crippen LogP contribution < -0.4 is 33.2 Å². The van der Waals surface area contributed by atoms with Crippen LogP contribution in [0.2, 0.25) is 0 Å². The first-order chi connectivity index (χ1) is 13.4. The first-order valence-corrected chi connectivity index (χ1v) is 9.37. The molecule has 10 N–H and O–H groups in total. The molecular formula is C14H24N6O7S2. The minimum atomic E-state index is -1.59. The van der Waals surface area contributed by atoms with Gasteiger partial charge >= 0.3 is 5.97 Å². The van der Waals surface area contributed by atoms with Gasteiger partial charge in [-0.25, -0.2) is 4.79 Å². The van der Waals surface area contributed by atoms with Crippen LogP contribution in [0.15, 0.2) is 0 Å². The smallest absolute Gasteiger partial charge is 0.326 e. The molecule has 29 heavy (non-hydrogen) atoms. The summed E-state index contributed by atoms with van der Waals surface area (Å²) < 4.78 is 0. The molecule has 15 heteroatoms. The molecule has 13 nitrogen and oxygen atoms in total. The van der Waals surface area contributed by atoms with E-state index in [1.54, 1.807) is 0 Å². The van der Waals surface area contributed by atoms with Gasteiger partial charge in [0.2, 0.25) is 29.5 Å². The zero-order valence-corrected chi connectivity index (χ0v) is 16.9. The summed E-state index contributed by atoms with van der Waals surface area (Å²) in [6, 6.07) is -5.39. The molecule has 0 saturated heterocycles. The summed E-state index contributed by atoms with van der Waals surface area (Å²) in [6.07, 6.45) is -1.09. The van der Waals surface area contributed by atoms with Crippen molar-refractivity contribution in [1.82, 2.24) is 16.0 Å². The second kappa shape index (κ2) is 12.8. The molecule has 0 aliphatic rings. The highest BCUT2D eigenvalue weighted by molar-refractivity contribution is 7.80. The quantitative estimate of drug-likeness (QED) is 0.123. The molecule has 0 saturated carbocycles. The van der Waals surface area contributed by atoms with Gasteiger partial charge in [-0.3, -0.25) is 24.0 Å². The van der Waals surface area contributed by atoms with Crippen LogP contribution in [0.3, 0.4) is 0 Å². The first kappa shape index (κ1) is 26.5. The third kappa shape index (κ3) is 10.00. The standard InChI is InChI=1S/C14H24N6O7S2/c15-5(1-9(16)21)11(23)19-7(3-28)13(25)20-8(4-29)12(24)18-6(14(26)27)2-10(17)22/h5-8,28-29H,1-4,15H2,(H2,16,21)(H2,17,22)(H,18,24)(H,19,23)(H,20,25)(H,26,27). The van der Waals surface area contributed by atoms with Gasteiger partial charge in [0.1, 0.15) is 18.1 Å². The van der Waals surface area contributed by atoms with E-state index in [1.807, 2.05) is 0 Å². The molecule has 5 amide bonds. The molecule has 0 bridgehead atoms. The number of aliphatic carboxylic acids is 1. The number of hydrogen-bond acceptors (Lipinski definition) is 9. The monoisotopic (exact) mass is 452 g/mol. The molecule has 0 heterocycles. The van der Waals surface area contributed by atoms with E-state index in [1.165, 1.54) is 0 Å². The van der Waals surface area contributed by atoms with Gasteiger partial charge in [-0.2, -0.15) is 25.3 Å². The molecule has 164 valence electrons. The van der Waals surface area contributed by atoms with Crippen molar-refractivity contribution in [2.24, 2.45) is 17.2 Å². The lowest BCUT2D eigenvalue weighted by Gasteiger charge is -2.23. The number of carboxylic acid groups (broad SMARTS) is 1. The summed E-state index contributed by atoms with van der Waals surface area (Å²) >= 11 is 7.85. The van der Waals surface area contributed by atoms with Crippen molar-refractivity contribution < 1.29 is 33.9 Å². The van der Waals surface area contributed by atoms with Crippen LogP contribution in [-0.2, 0) is 28.8 Å². The number of amides is 5. The van der Waals surface area contributed by atoms with Crippen molar-refractivity contribution in [1.29, 1.82) is 0 Å². The van der Waals surface area contributed by atoms with Crippen LogP contribution in [0.25, 0.3) is 0 Å². The summed E-state index contributed by atoms with van der Waals surface area (Å²) in [7, 11) is 0. The second-order valence-corrected chi connectivity index (χ2v) is 6.56. The van der Waals surface area contributed by atoms with E-state index in [2.05, 4.69) is 41.2 Å². The fraction of sp³-hybridized carbons (Fsp3) is 0.571. The fourth-order valence-electron chi connectivity index (χ4n) is 1.92. The summed E-state index contributed by atoms with van der Waals surface area (Å²) in [5, 5.41) is 15.6. The maximum atomic E-state index is 12.3. The Morgan fingerprint density at radius 2 is 1.10 bits per heavy atom. The van der Waals surface area contributed by atoms with Gasteiger partial charge in [-0.05, 0) is 0 Å². The van der Waals surface area contributed by atoms with Crippen LogP contribution >= 0.6 is 25.3 Å². The minimum Gasteiger partial charge on any atom is -0.480 e. The molecule has 0 radical (unpaired) electrons. The zero-order valence-electron chi connectivity index (χ0n) is 15.2. The highest BCUT2D eigenvalue weighted by Crippen LogP contribution is 1.99. The van der Waals surface area contributed by atoms with E-state index < -0.39 is 72.5 Å². The summed E-state index contributed by atoms with van der Waals surface area (Å²) in [6.45, 7) is 0. The highest BCUT2D eigenvalue weighted by atomic mass is 32.1. The van der Waals surface area contributed by atoms with Crippen molar-refractivity contribution in [3.8, 4) is 0 Å². The molecular weight excluding hydrogens is 428 g/mol. The number of nitrogens with two attached hydrogens (primary N) is 3. The van der Waals surface area contributed by atoms with Crippen LogP contribution in [-0.4, -0.2) is 76.3 Å². The molecule has 0 spiro atoms. The number of hydrogen-bond donors (Lipinski definition) is 9. The van der Waals surface area contributed by atoms with E-state index >= 15 is 0 Å². The Labute approximate surface area is 176 Å². The Kier molecular flexibility index (Phi) is 11.7. The van der Waals surface area contributed by atoms with Crippen molar-refractivity contribution in [2.75, 3.05) is 11.5 Å². The SMILES string of the molecule is NC(=O)CC(N)C(=O)NC(CS)C(=O)NC(CS)C(=O)NC(CC(N)=O)C(=O)O.